The van der Waals surface area contributed by atoms with Crippen LogP contribution in [0.25, 0.3) is 0 Å². The Kier molecular flexibility index (Phi) is 4.17. The van der Waals surface area contributed by atoms with Gasteiger partial charge in [-0.2, -0.15) is 0 Å². The van der Waals surface area contributed by atoms with Gasteiger partial charge in [-0.15, -0.1) is 0 Å². The third-order valence-corrected chi connectivity index (χ3v) is 3.95. The molecule has 18 heavy (non-hydrogen) atoms. The molecule has 1 aromatic heterocycles. The van der Waals surface area contributed by atoms with Crippen molar-refractivity contribution in [2.24, 2.45) is 11.7 Å². The molecule has 4 heteroatoms. The number of rotatable bonds is 4. The van der Waals surface area contributed by atoms with Gasteiger partial charge in [0, 0.05) is 24.5 Å². The van der Waals surface area contributed by atoms with Gasteiger partial charge >= 0.3 is 0 Å². The van der Waals surface area contributed by atoms with E-state index >= 15 is 0 Å². The number of hydrogen-bond acceptors (Lipinski definition) is 4. The molecule has 1 unspecified atom stereocenters. The first-order chi connectivity index (χ1) is 8.69. The fraction of sp³-hybridized carbons (Fsp3) is 0.714. The smallest absolute Gasteiger partial charge is 0.225 e. The number of aromatic nitrogens is 2. The number of aryl methyl sites for hydroxylation is 2. The van der Waals surface area contributed by atoms with Crippen LogP contribution in [0.15, 0.2) is 0 Å². The molecular formula is C14H24N4. The van der Waals surface area contributed by atoms with Crippen LogP contribution in [0, 0.1) is 12.8 Å². The average molecular weight is 248 g/mol. The van der Waals surface area contributed by atoms with Crippen LogP contribution in [0.5, 0.6) is 0 Å². The van der Waals surface area contributed by atoms with Crippen molar-refractivity contribution in [2.75, 3.05) is 24.5 Å². The van der Waals surface area contributed by atoms with Crippen LogP contribution in [-0.4, -0.2) is 29.6 Å². The Morgan fingerprint density at radius 1 is 1.28 bits per heavy atom. The average Bonchev–Trinajstić information content (AvgIpc) is 2.40. The van der Waals surface area contributed by atoms with E-state index in [0.29, 0.717) is 5.92 Å². The Balaban J connectivity index is 2.32. The maximum absolute atomic E-state index is 5.78. The molecule has 0 aliphatic heterocycles. The zero-order chi connectivity index (χ0) is 13.1. The first-order valence-electron chi connectivity index (χ1n) is 7.00. The van der Waals surface area contributed by atoms with E-state index in [1.54, 1.807) is 0 Å². The summed E-state index contributed by atoms with van der Waals surface area (Å²) in [5.41, 5.74) is 9.51. The third-order valence-electron chi connectivity index (χ3n) is 3.95. The highest BCUT2D eigenvalue weighted by Gasteiger charge is 2.22. The van der Waals surface area contributed by atoms with Gasteiger partial charge in [-0.25, -0.2) is 9.97 Å². The summed E-state index contributed by atoms with van der Waals surface area (Å²) in [6, 6.07) is 0. The monoisotopic (exact) mass is 248 g/mol. The Hall–Kier alpha value is -1.16. The number of nitrogens with zero attached hydrogens (tertiary/aromatic N) is 3. The second-order valence-corrected chi connectivity index (χ2v) is 5.05. The van der Waals surface area contributed by atoms with Gasteiger partial charge < -0.3 is 10.6 Å². The van der Waals surface area contributed by atoms with Gasteiger partial charge in [-0.1, -0.05) is 0 Å². The standard InChI is InChI=1S/C14H24N4/c1-4-18(5-2)14-16-10(3)12-8-11(9-15)6-7-13(12)17-14/h11H,4-9,15H2,1-3H3. The van der Waals surface area contributed by atoms with Gasteiger partial charge in [-0.05, 0) is 58.1 Å². The van der Waals surface area contributed by atoms with Crippen LogP contribution in [0.3, 0.4) is 0 Å². The molecule has 0 aromatic carbocycles. The van der Waals surface area contributed by atoms with E-state index in [1.165, 1.54) is 11.3 Å². The molecule has 0 saturated carbocycles. The Bertz CT molecular complexity index is 413. The summed E-state index contributed by atoms with van der Waals surface area (Å²) in [4.78, 5) is 11.6. The van der Waals surface area contributed by atoms with E-state index in [4.69, 9.17) is 10.7 Å². The van der Waals surface area contributed by atoms with Crippen molar-refractivity contribution >= 4 is 5.95 Å². The summed E-state index contributed by atoms with van der Waals surface area (Å²) in [6.07, 6.45) is 3.27. The maximum Gasteiger partial charge on any atom is 0.225 e. The van der Waals surface area contributed by atoms with Crippen LogP contribution in [0.1, 0.15) is 37.2 Å². The second-order valence-electron chi connectivity index (χ2n) is 5.05. The van der Waals surface area contributed by atoms with Gasteiger partial charge in [0.2, 0.25) is 5.95 Å². The molecule has 4 nitrogen and oxygen atoms in total. The highest BCUT2D eigenvalue weighted by molar-refractivity contribution is 5.38. The highest BCUT2D eigenvalue weighted by atomic mass is 15.2. The van der Waals surface area contributed by atoms with Gasteiger partial charge in [-0.3, -0.25) is 0 Å². The van der Waals surface area contributed by atoms with Crippen molar-refractivity contribution < 1.29 is 0 Å². The number of hydrogen-bond donors (Lipinski definition) is 1. The molecule has 2 N–H and O–H groups in total. The first-order valence-corrected chi connectivity index (χ1v) is 7.00. The quantitative estimate of drug-likeness (QED) is 0.881. The number of anilines is 1. The Morgan fingerprint density at radius 2 is 2.00 bits per heavy atom. The van der Waals surface area contributed by atoms with Gasteiger partial charge in [0.1, 0.15) is 0 Å². The molecule has 1 aliphatic carbocycles. The van der Waals surface area contributed by atoms with Crippen molar-refractivity contribution in [3.63, 3.8) is 0 Å². The largest absolute Gasteiger partial charge is 0.341 e. The van der Waals surface area contributed by atoms with Crippen LogP contribution >= 0.6 is 0 Å². The minimum absolute atomic E-state index is 0.610. The Morgan fingerprint density at radius 3 is 2.61 bits per heavy atom. The van der Waals surface area contributed by atoms with E-state index in [2.05, 4.69) is 30.7 Å². The lowest BCUT2D eigenvalue weighted by Gasteiger charge is -2.26. The van der Waals surface area contributed by atoms with E-state index in [9.17, 15) is 0 Å². The molecule has 0 amide bonds. The molecule has 1 heterocycles. The molecule has 0 bridgehead atoms. The van der Waals surface area contributed by atoms with E-state index in [-0.39, 0.29) is 0 Å². The normalized spacial score (nSPS) is 18.6. The van der Waals surface area contributed by atoms with Crippen molar-refractivity contribution in [1.29, 1.82) is 0 Å². The zero-order valence-electron chi connectivity index (χ0n) is 11.7. The van der Waals surface area contributed by atoms with Gasteiger partial charge in [0.25, 0.3) is 0 Å². The van der Waals surface area contributed by atoms with Gasteiger partial charge in [0.05, 0.1) is 0 Å². The third kappa shape index (κ3) is 2.48. The van der Waals surface area contributed by atoms with E-state index in [0.717, 1.165) is 50.5 Å². The molecule has 0 fully saturated rings. The molecule has 0 saturated heterocycles. The molecular weight excluding hydrogens is 224 g/mol. The SMILES string of the molecule is CCN(CC)c1nc(C)c2c(n1)CCC(CN)C2. The van der Waals surface area contributed by atoms with Crippen molar-refractivity contribution in [3.8, 4) is 0 Å². The molecule has 1 aliphatic rings. The topological polar surface area (TPSA) is 55.0 Å². The van der Waals surface area contributed by atoms with E-state index in [1.807, 2.05) is 0 Å². The van der Waals surface area contributed by atoms with Crippen LogP contribution in [0.4, 0.5) is 5.95 Å². The van der Waals surface area contributed by atoms with Gasteiger partial charge in [0.15, 0.2) is 0 Å². The molecule has 0 radical (unpaired) electrons. The minimum Gasteiger partial charge on any atom is -0.341 e. The van der Waals surface area contributed by atoms with Crippen molar-refractivity contribution in [1.82, 2.24) is 9.97 Å². The van der Waals surface area contributed by atoms with E-state index < -0.39 is 0 Å². The lowest BCUT2D eigenvalue weighted by Crippen LogP contribution is -2.28. The predicted molar refractivity (Wildman–Crippen MR) is 74.9 cm³/mol. The summed E-state index contributed by atoms with van der Waals surface area (Å²) in [7, 11) is 0. The van der Waals surface area contributed by atoms with Crippen LogP contribution < -0.4 is 10.6 Å². The number of nitrogens with two attached hydrogens (primary N) is 1. The van der Waals surface area contributed by atoms with Crippen LogP contribution in [-0.2, 0) is 12.8 Å². The predicted octanol–water partition coefficient (Wildman–Crippen LogP) is 1.69. The summed E-state index contributed by atoms with van der Waals surface area (Å²) in [5.74, 6) is 1.50. The minimum atomic E-state index is 0.610. The molecule has 1 atom stereocenters. The van der Waals surface area contributed by atoms with Crippen LogP contribution in [0.2, 0.25) is 0 Å². The lowest BCUT2D eigenvalue weighted by atomic mass is 9.86. The lowest BCUT2D eigenvalue weighted by molar-refractivity contribution is 0.459. The molecule has 100 valence electrons. The summed E-state index contributed by atoms with van der Waals surface area (Å²) in [5, 5.41) is 0. The highest BCUT2D eigenvalue weighted by Crippen LogP contribution is 2.27. The van der Waals surface area contributed by atoms with Crippen molar-refractivity contribution in [3.05, 3.63) is 17.0 Å². The maximum atomic E-state index is 5.78. The molecule has 1 aromatic rings. The zero-order valence-corrected chi connectivity index (χ0v) is 11.7. The summed E-state index contributed by atoms with van der Waals surface area (Å²) in [6.45, 7) is 9.08. The first kappa shape index (κ1) is 13.3. The summed E-state index contributed by atoms with van der Waals surface area (Å²) < 4.78 is 0. The Labute approximate surface area is 110 Å². The molecule has 0 spiro atoms. The molecule has 2 rings (SSSR count). The fourth-order valence-corrected chi connectivity index (χ4v) is 2.69. The second kappa shape index (κ2) is 5.65. The fourth-order valence-electron chi connectivity index (χ4n) is 2.69. The van der Waals surface area contributed by atoms with Crippen molar-refractivity contribution in [2.45, 2.75) is 40.0 Å². The summed E-state index contributed by atoms with van der Waals surface area (Å²) >= 11 is 0. The number of fused-ring (bicyclic) bond motifs is 1.